The van der Waals surface area contributed by atoms with Gasteiger partial charge < -0.3 is 20.7 Å². The molecule has 1 fully saturated rings. The van der Waals surface area contributed by atoms with Crippen molar-refractivity contribution in [2.24, 2.45) is 5.92 Å². The van der Waals surface area contributed by atoms with Crippen molar-refractivity contribution >= 4 is 17.5 Å². The van der Waals surface area contributed by atoms with Crippen LogP contribution in [0.1, 0.15) is 26.7 Å². The van der Waals surface area contributed by atoms with Crippen LogP contribution in [-0.2, 0) is 9.59 Å². The third-order valence-electron chi connectivity index (χ3n) is 3.82. The zero-order valence-electron chi connectivity index (χ0n) is 13.7. The van der Waals surface area contributed by atoms with Crippen LogP contribution >= 0.6 is 0 Å². The van der Waals surface area contributed by atoms with Gasteiger partial charge in [-0.2, -0.15) is 0 Å². The Morgan fingerprint density at radius 2 is 2.22 bits per heavy atom. The second kappa shape index (κ2) is 8.53. The molecule has 126 valence electrons. The van der Waals surface area contributed by atoms with Crippen LogP contribution in [0.15, 0.2) is 24.3 Å². The van der Waals surface area contributed by atoms with Gasteiger partial charge in [0.05, 0.1) is 6.54 Å². The molecule has 0 aromatic heterocycles. The second-order valence-electron chi connectivity index (χ2n) is 5.92. The van der Waals surface area contributed by atoms with E-state index in [2.05, 4.69) is 22.9 Å². The monoisotopic (exact) mass is 319 g/mol. The topological polar surface area (TPSA) is 79.5 Å². The van der Waals surface area contributed by atoms with Crippen LogP contribution in [0.25, 0.3) is 0 Å². The number of hydrogen-bond acceptors (Lipinski definition) is 4. The van der Waals surface area contributed by atoms with E-state index >= 15 is 0 Å². The summed E-state index contributed by atoms with van der Waals surface area (Å²) in [6, 6.07) is 7.59. The Labute approximate surface area is 137 Å². The Bertz CT molecular complexity index is 548. The molecule has 23 heavy (non-hydrogen) atoms. The SMILES string of the molecule is CC(=O)Nc1cccc(OCCNC(=O)[C@H]2CCN[C@@H](C)C2)c1. The van der Waals surface area contributed by atoms with Crippen LogP contribution in [0.2, 0.25) is 0 Å². The van der Waals surface area contributed by atoms with E-state index in [1.807, 2.05) is 12.1 Å². The highest BCUT2D eigenvalue weighted by Gasteiger charge is 2.24. The fourth-order valence-electron chi connectivity index (χ4n) is 2.72. The van der Waals surface area contributed by atoms with Crippen molar-refractivity contribution in [1.29, 1.82) is 0 Å². The van der Waals surface area contributed by atoms with Crippen LogP contribution in [0.5, 0.6) is 5.75 Å². The van der Waals surface area contributed by atoms with Crippen molar-refractivity contribution in [2.75, 3.05) is 25.0 Å². The number of hydrogen-bond donors (Lipinski definition) is 3. The molecule has 0 bridgehead atoms. The van der Waals surface area contributed by atoms with E-state index in [-0.39, 0.29) is 17.7 Å². The molecule has 0 spiro atoms. The summed E-state index contributed by atoms with van der Waals surface area (Å²) in [5, 5.41) is 8.97. The van der Waals surface area contributed by atoms with Crippen molar-refractivity contribution in [2.45, 2.75) is 32.7 Å². The van der Waals surface area contributed by atoms with Crippen LogP contribution in [0.3, 0.4) is 0 Å². The summed E-state index contributed by atoms with van der Waals surface area (Å²) in [5.74, 6) is 0.745. The molecular formula is C17H25N3O3. The predicted molar refractivity (Wildman–Crippen MR) is 89.4 cm³/mol. The Balaban J connectivity index is 1.70. The molecule has 0 unspecified atom stereocenters. The Kier molecular flexibility index (Phi) is 6.40. The first-order chi connectivity index (χ1) is 11.0. The molecule has 2 amide bonds. The Hall–Kier alpha value is -2.08. The molecule has 1 heterocycles. The average molecular weight is 319 g/mol. The van der Waals surface area contributed by atoms with Gasteiger partial charge in [0.2, 0.25) is 11.8 Å². The van der Waals surface area contributed by atoms with E-state index in [0.717, 1.165) is 19.4 Å². The molecule has 6 nitrogen and oxygen atoms in total. The van der Waals surface area contributed by atoms with Crippen LogP contribution < -0.4 is 20.7 Å². The summed E-state index contributed by atoms with van der Waals surface area (Å²) >= 11 is 0. The summed E-state index contributed by atoms with van der Waals surface area (Å²) < 4.78 is 5.61. The number of rotatable bonds is 6. The van der Waals surface area contributed by atoms with Gasteiger partial charge in [0, 0.05) is 30.6 Å². The van der Waals surface area contributed by atoms with Gasteiger partial charge in [-0.1, -0.05) is 6.07 Å². The summed E-state index contributed by atoms with van der Waals surface area (Å²) in [6.07, 6.45) is 1.77. The number of benzene rings is 1. The number of amides is 2. The number of carbonyl (C=O) groups excluding carboxylic acids is 2. The third kappa shape index (κ3) is 5.90. The number of ether oxygens (including phenoxy) is 1. The van der Waals surface area contributed by atoms with Gasteiger partial charge in [-0.3, -0.25) is 9.59 Å². The first-order valence-electron chi connectivity index (χ1n) is 8.06. The van der Waals surface area contributed by atoms with Crippen LogP contribution in [0, 0.1) is 5.92 Å². The summed E-state index contributed by atoms with van der Waals surface area (Å²) in [5.41, 5.74) is 0.697. The minimum atomic E-state index is -0.120. The lowest BCUT2D eigenvalue weighted by atomic mass is 9.92. The van der Waals surface area contributed by atoms with Crippen molar-refractivity contribution in [3.63, 3.8) is 0 Å². The number of carbonyl (C=O) groups is 2. The molecule has 3 N–H and O–H groups in total. The molecule has 0 aliphatic carbocycles. The number of piperidine rings is 1. The summed E-state index contributed by atoms with van der Waals surface area (Å²) in [7, 11) is 0. The zero-order valence-corrected chi connectivity index (χ0v) is 13.7. The van der Waals surface area contributed by atoms with Gasteiger partial charge in [-0.05, 0) is 38.4 Å². The van der Waals surface area contributed by atoms with Crippen molar-refractivity contribution in [3.8, 4) is 5.75 Å². The quantitative estimate of drug-likeness (QED) is 0.695. The van der Waals surface area contributed by atoms with Crippen LogP contribution in [-0.4, -0.2) is 37.6 Å². The average Bonchev–Trinajstić information content (AvgIpc) is 2.51. The normalized spacial score (nSPS) is 20.6. The molecule has 0 radical (unpaired) electrons. The maximum absolute atomic E-state index is 12.1. The maximum atomic E-state index is 12.1. The first kappa shape index (κ1) is 17.3. The van der Waals surface area contributed by atoms with Gasteiger partial charge in [0.1, 0.15) is 12.4 Å². The Morgan fingerprint density at radius 3 is 2.96 bits per heavy atom. The van der Waals surface area contributed by atoms with E-state index in [9.17, 15) is 9.59 Å². The fraction of sp³-hybridized carbons (Fsp3) is 0.529. The third-order valence-corrected chi connectivity index (χ3v) is 3.82. The zero-order chi connectivity index (χ0) is 16.7. The molecule has 1 aromatic carbocycles. The molecule has 1 saturated heterocycles. The molecule has 2 atom stereocenters. The number of anilines is 1. The van der Waals surface area contributed by atoms with Gasteiger partial charge in [0.25, 0.3) is 0 Å². The second-order valence-corrected chi connectivity index (χ2v) is 5.92. The predicted octanol–water partition coefficient (Wildman–Crippen LogP) is 1.53. The summed E-state index contributed by atoms with van der Waals surface area (Å²) in [4.78, 5) is 23.1. The van der Waals surface area contributed by atoms with Crippen molar-refractivity contribution in [1.82, 2.24) is 10.6 Å². The van der Waals surface area contributed by atoms with Gasteiger partial charge >= 0.3 is 0 Å². The lowest BCUT2D eigenvalue weighted by molar-refractivity contribution is -0.126. The van der Waals surface area contributed by atoms with E-state index in [1.54, 1.807) is 12.1 Å². The molecule has 1 aromatic rings. The minimum absolute atomic E-state index is 0.0920. The summed E-state index contributed by atoms with van der Waals surface area (Å²) in [6.45, 7) is 5.33. The van der Waals surface area contributed by atoms with E-state index in [4.69, 9.17) is 4.74 Å². The van der Waals surface area contributed by atoms with E-state index in [0.29, 0.717) is 30.6 Å². The first-order valence-corrected chi connectivity index (χ1v) is 8.06. The van der Waals surface area contributed by atoms with E-state index < -0.39 is 0 Å². The number of nitrogens with one attached hydrogen (secondary N) is 3. The Morgan fingerprint density at radius 1 is 1.39 bits per heavy atom. The largest absolute Gasteiger partial charge is 0.492 e. The highest BCUT2D eigenvalue weighted by atomic mass is 16.5. The fourth-order valence-corrected chi connectivity index (χ4v) is 2.72. The van der Waals surface area contributed by atoms with Crippen molar-refractivity contribution in [3.05, 3.63) is 24.3 Å². The van der Waals surface area contributed by atoms with Gasteiger partial charge in [-0.25, -0.2) is 0 Å². The molecule has 0 saturated carbocycles. The molecule has 6 heteroatoms. The molecular weight excluding hydrogens is 294 g/mol. The van der Waals surface area contributed by atoms with Gasteiger partial charge in [0.15, 0.2) is 0 Å². The smallest absolute Gasteiger partial charge is 0.223 e. The standard InChI is InChI=1S/C17H25N3O3/c1-12-10-14(6-7-18-12)17(22)19-8-9-23-16-5-3-4-15(11-16)20-13(2)21/h3-5,11-12,14,18H,6-10H2,1-2H3,(H,19,22)(H,20,21)/t12-,14-/m0/s1. The highest BCUT2D eigenvalue weighted by Crippen LogP contribution is 2.17. The van der Waals surface area contributed by atoms with Crippen LogP contribution in [0.4, 0.5) is 5.69 Å². The highest BCUT2D eigenvalue weighted by molar-refractivity contribution is 5.88. The lowest BCUT2D eigenvalue weighted by Gasteiger charge is -2.27. The van der Waals surface area contributed by atoms with Crippen molar-refractivity contribution < 1.29 is 14.3 Å². The lowest BCUT2D eigenvalue weighted by Crippen LogP contribution is -2.43. The molecule has 1 aliphatic heterocycles. The maximum Gasteiger partial charge on any atom is 0.223 e. The molecule has 2 rings (SSSR count). The van der Waals surface area contributed by atoms with E-state index in [1.165, 1.54) is 6.92 Å². The molecule has 1 aliphatic rings. The van der Waals surface area contributed by atoms with Gasteiger partial charge in [-0.15, -0.1) is 0 Å². The minimum Gasteiger partial charge on any atom is -0.492 e.